The summed E-state index contributed by atoms with van der Waals surface area (Å²) in [5.41, 5.74) is 3.26. The van der Waals surface area contributed by atoms with E-state index in [1.165, 1.54) is 30.5 Å². The van der Waals surface area contributed by atoms with E-state index in [2.05, 4.69) is 30.5 Å². The molecule has 3 rings (SSSR count). The summed E-state index contributed by atoms with van der Waals surface area (Å²) in [4.78, 5) is 17.6. The molecular formula is C19H32N4OS. The molecule has 2 heterocycles. The predicted molar refractivity (Wildman–Crippen MR) is 104 cm³/mol. The minimum Gasteiger partial charge on any atom is -0.336 e. The molecule has 0 bridgehead atoms. The third-order valence-electron chi connectivity index (χ3n) is 5.61. The molecule has 1 saturated heterocycles. The molecule has 1 fully saturated rings. The van der Waals surface area contributed by atoms with Crippen LogP contribution in [0.2, 0.25) is 0 Å². The summed E-state index contributed by atoms with van der Waals surface area (Å²) >= 11 is 1.94. The molecule has 2 aliphatic rings. The molecule has 1 aliphatic carbocycles. The van der Waals surface area contributed by atoms with Crippen LogP contribution in [0.4, 0.5) is 0 Å². The molecule has 5 nitrogen and oxygen atoms in total. The molecule has 140 valence electrons. The van der Waals surface area contributed by atoms with E-state index in [0.717, 1.165) is 56.2 Å². The predicted octanol–water partition coefficient (Wildman–Crippen LogP) is 2.68. The van der Waals surface area contributed by atoms with E-state index in [-0.39, 0.29) is 5.91 Å². The molecule has 1 unspecified atom stereocenters. The van der Waals surface area contributed by atoms with Crippen LogP contribution < -0.4 is 0 Å². The van der Waals surface area contributed by atoms with E-state index in [9.17, 15) is 4.79 Å². The number of fused-ring (bicyclic) bond motifs is 1. The summed E-state index contributed by atoms with van der Waals surface area (Å²) < 4.78 is 2.07. The topological polar surface area (TPSA) is 41.4 Å². The fourth-order valence-electron chi connectivity index (χ4n) is 3.99. The quantitative estimate of drug-likeness (QED) is 0.778. The Balaban J connectivity index is 1.81. The number of hydrogen-bond acceptors (Lipinski definition) is 4. The summed E-state index contributed by atoms with van der Waals surface area (Å²) in [6.07, 6.45) is 5.66. The van der Waals surface area contributed by atoms with Gasteiger partial charge in [0.25, 0.3) is 5.91 Å². The number of thioether (sulfide) groups is 1. The molecular weight excluding hydrogens is 332 g/mol. The Morgan fingerprint density at radius 3 is 2.76 bits per heavy atom. The van der Waals surface area contributed by atoms with Gasteiger partial charge in [-0.15, -0.1) is 0 Å². The van der Waals surface area contributed by atoms with Gasteiger partial charge in [-0.25, -0.2) is 0 Å². The fraction of sp³-hybridized carbons (Fsp3) is 0.789. The van der Waals surface area contributed by atoms with Gasteiger partial charge in [-0.3, -0.25) is 9.48 Å². The van der Waals surface area contributed by atoms with Crippen molar-refractivity contribution in [3.05, 3.63) is 17.0 Å². The highest BCUT2D eigenvalue weighted by molar-refractivity contribution is 7.99. The zero-order chi connectivity index (χ0) is 17.8. The third kappa shape index (κ3) is 4.05. The maximum Gasteiger partial charge on any atom is 0.274 e. The maximum absolute atomic E-state index is 13.1. The summed E-state index contributed by atoms with van der Waals surface area (Å²) in [5, 5.41) is 4.74. The van der Waals surface area contributed by atoms with E-state index >= 15 is 0 Å². The van der Waals surface area contributed by atoms with Crippen LogP contribution in [-0.2, 0) is 19.4 Å². The first-order valence-electron chi connectivity index (χ1n) is 9.81. The first-order chi connectivity index (χ1) is 12.2. The molecule has 1 aromatic rings. The highest BCUT2D eigenvalue weighted by atomic mass is 32.2. The molecule has 1 aromatic heterocycles. The molecule has 6 heteroatoms. The Bertz CT molecular complexity index is 594. The first-order valence-corrected chi connectivity index (χ1v) is 11.0. The fourth-order valence-corrected chi connectivity index (χ4v) is 4.89. The van der Waals surface area contributed by atoms with Crippen LogP contribution in [0.25, 0.3) is 0 Å². The normalized spacial score (nSPS) is 20.8. The lowest BCUT2D eigenvalue weighted by Crippen LogP contribution is -2.40. The van der Waals surface area contributed by atoms with Crippen molar-refractivity contribution in [2.75, 3.05) is 38.2 Å². The largest absolute Gasteiger partial charge is 0.336 e. The number of amides is 1. The van der Waals surface area contributed by atoms with Gasteiger partial charge < -0.3 is 9.80 Å². The van der Waals surface area contributed by atoms with Crippen LogP contribution in [0, 0.1) is 0 Å². The highest BCUT2D eigenvalue weighted by Crippen LogP contribution is 2.28. The van der Waals surface area contributed by atoms with E-state index in [1.807, 2.05) is 16.7 Å². The average Bonchev–Trinajstić information content (AvgIpc) is 3.04. The number of likely N-dealkylation sites (N-methyl/N-ethyl adjacent to an activating group) is 1. The van der Waals surface area contributed by atoms with Gasteiger partial charge in [0.1, 0.15) is 0 Å². The smallest absolute Gasteiger partial charge is 0.274 e. The Labute approximate surface area is 156 Å². The second kappa shape index (κ2) is 8.58. The van der Waals surface area contributed by atoms with Gasteiger partial charge >= 0.3 is 0 Å². The van der Waals surface area contributed by atoms with Crippen LogP contribution in [0.3, 0.4) is 0 Å². The van der Waals surface area contributed by atoms with Gasteiger partial charge in [0, 0.05) is 48.4 Å². The lowest BCUT2D eigenvalue weighted by atomic mass is 9.90. The number of rotatable bonds is 6. The maximum atomic E-state index is 13.1. The Kier molecular flexibility index (Phi) is 6.44. The van der Waals surface area contributed by atoms with Gasteiger partial charge in [0.15, 0.2) is 5.69 Å². The monoisotopic (exact) mass is 364 g/mol. The van der Waals surface area contributed by atoms with Gasteiger partial charge in [0.2, 0.25) is 0 Å². The SMILES string of the molecule is CCCCN(C)C1CCc2c(c(C(=O)N3CCSCC3)nn2CC)C1. The number of unbranched alkanes of at least 4 members (excludes halogenated alkanes) is 1. The van der Waals surface area contributed by atoms with E-state index < -0.39 is 0 Å². The van der Waals surface area contributed by atoms with Gasteiger partial charge in [-0.2, -0.15) is 16.9 Å². The average molecular weight is 365 g/mol. The van der Waals surface area contributed by atoms with Crippen molar-refractivity contribution >= 4 is 17.7 Å². The third-order valence-corrected chi connectivity index (χ3v) is 6.55. The van der Waals surface area contributed by atoms with Crippen molar-refractivity contribution in [3.63, 3.8) is 0 Å². The molecule has 0 N–H and O–H groups in total. The van der Waals surface area contributed by atoms with E-state index in [0.29, 0.717) is 6.04 Å². The number of carbonyl (C=O) groups excluding carboxylic acids is 1. The molecule has 1 amide bonds. The van der Waals surface area contributed by atoms with Crippen LogP contribution in [-0.4, -0.2) is 69.7 Å². The molecule has 1 atom stereocenters. The number of nitrogens with zero attached hydrogens (tertiary/aromatic N) is 4. The summed E-state index contributed by atoms with van der Waals surface area (Å²) in [6, 6.07) is 0.539. The number of aryl methyl sites for hydroxylation is 1. The molecule has 25 heavy (non-hydrogen) atoms. The van der Waals surface area contributed by atoms with Gasteiger partial charge in [-0.1, -0.05) is 13.3 Å². The van der Waals surface area contributed by atoms with Crippen LogP contribution in [0.15, 0.2) is 0 Å². The minimum absolute atomic E-state index is 0.153. The molecule has 0 radical (unpaired) electrons. The number of aromatic nitrogens is 2. The molecule has 0 spiro atoms. The summed E-state index contributed by atoms with van der Waals surface area (Å²) in [5.74, 6) is 2.25. The van der Waals surface area contributed by atoms with Crippen molar-refractivity contribution in [1.29, 1.82) is 0 Å². The Hall–Kier alpha value is -1.01. The first kappa shape index (κ1) is 18.8. The zero-order valence-electron chi connectivity index (χ0n) is 16.0. The lowest BCUT2D eigenvalue weighted by molar-refractivity contribution is 0.0763. The number of carbonyl (C=O) groups is 1. The van der Waals surface area contributed by atoms with E-state index in [1.54, 1.807) is 0 Å². The molecule has 0 saturated carbocycles. The van der Waals surface area contributed by atoms with Crippen molar-refractivity contribution < 1.29 is 4.79 Å². The van der Waals surface area contributed by atoms with Gasteiger partial charge in [-0.05, 0) is 46.2 Å². The van der Waals surface area contributed by atoms with Crippen LogP contribution >= 0.6 is 11.8 Å². The minimum atomic E-state index is 0.153. The number of hydrogen-bond donors (Lipinski definition) is 0. The standard InChI is InChI=1S/C19H32N4OS/c1-4-6-9-21(3)15-7-8-17-16(14-15)18(20-23(17)5-2)19(24)22-10-12-25-13-11-22/h15H,4-14H2,1-3H3. The van der Waals surface area contributed by atoms with Crippen LogP contribution in [0.5, 0.6) is 0 Å². The van der Waals surface area contributed by atoms with Crippen molar-refractivity contribution in [2.24, 2.45) is 0 Å². The Morgan fingerprint density at radius 1 is 1.32 bits per heavy atom. The van der Waals surface area contributed by atoms with Crippen LogP contribution in [0.1, 0.15) is 54.9 Å². The summed E-state index contributed by atoms with van der Waals surface area (Å²) in [7, 11) is 2.24. The van der Waals surface area contributed by atoms with Crippen molar-refractivity contribution in [3.8, 4) is 0 Å². The molecule has 1 aliphatic heterocycles. The van der Waals surface area contributed by atoms with Crippen molar-refractivity contribution in [1.82, 2.24) is 19.6 Å². The molecule has 0 aromatic carbocycles. The lowest BCUT2D eigenvalue weighted by Gasteiger charge is -2.32. The van der Waals surface area contributed by atoms with Gasteiger partial charge in [0.05, 0.1) is 0 Å². The second-order valence-electron chi connectivity index (χ2n) is 7.22. The summed E-state index contributed by atoms with van der Waals surface area (Å²) in [6.45, 7) is 8.07. The van der Waals surface area contributed by atoms with E-state index in [4.69, 9.17) is 5.10 Å². The zero-order valence-corrected chi connectivity index (χ0v) is 16.8. The highest BCUT2D eigenvalue weighted by Gasteiger charge is 2.32. The second-order valence-corrected chi connectivity index (χ2v) is 8.45. The van der Waals surface area contributed by atoms with Crippen molar-refractivity contribution in [2.45, 2.75) is 58.5 Å². The Morgan fingerprint density at radius 2 is 2.08 bits per heavy atom.